The minimum atomic E-state index is -0.642. The number of nitrogens with one attached hydrogen (secondary N) is 1. The highest BCUT2D eigenvalue weighted by Gasteiger charge is 2.29. The first kappa shape index (κ1) is 24.7. The predicted octanol–water partition coefficient (Wildman–Crippen LogP) is 7.75. The molecule has 0 saturated carbocycles. The number of hydrogen-bond donors (Lipinski definition) is 1. The molecule has 1 amide bonds. The molecule has 9 heteroatoms. The number of fused-ring (bicyclic) bond motifs is 1. The topological polar surface area (TPSA) is 81.4 Å². The summed E-state index contributed by atoms with van der Waals surface area (Å²) in [6.07, 6.45) is 0. The lowest BCUT2D eigenvalue weighted by atomic mass is 9.97. The Morgan fingerprint density at radius 1 is 1.05 bits per heavy atom. The lowest BCUT2D eigenvalue weighted by molar-refractivity contribution is 0.0529. The van der Waals surface area contributed by atoms with Gasteiger partial charge in [0, 0.05) is 10.9 Å². The second kappa shape index (κ2) is 10.2. The molecule has 37 heavy (non-hydrogen) atoms. The Hall–Kier alpha value is -4.01. The lowest BCUT2D eigenvalue weighted by Gasteiger charge is -2.11. The van der Waals surface area contributed by atoms with Crippen LogP contribution >= 0.6 is 22.9 Å². The van der Waals surface area contributed by atoms with Crippen molar-refractivity contribution in [2.45, 2.75) is 13.8 Å². The lowest BCUT2D eigenvalue weighted by Crippen LogP contribution is -2.16. The quantitative estimate of drug-likeness (QED) is 0.225. The number of esters is 1. The van der Waals surface area contributed by atoms with Crippen LogP contribution < -0.4 is 5.32 Å². The number of amides is 1. The third-order valence-corrected chi connectivity index (χ3v) is 7.08. The summed E-state index contributed by atoms with van der Waals surface area (Å²) in [5.41, 5.74) is 1.65. The van der Waals surface area contributed by atoms with E-state index in [4.69, 9.17) is 20.9 Å². The van der Waals surface area contributed by atoms with Crippen molar-refractivity contribution in [1.82, 2.24) is 5.16 Å². The number of rotatable bonds is 6. The van der Waals surface area contributed by atoms with Gasteiger partial charge in [0.1, 0.15) is 33.4 Å². The van der Waals surface area contributed by atoms with Gasteiger partial charge in [-0.3, -0.25) is 4.79 Å². The van der Waals surface area contributed by atoms with E-state index < -0.39 is 17.7 Å². The number of benzene rings is 3. The van der Waals surface area contributed by atoms with Crippen LogP contribution in [0.15, 0.2) is 70.6 Å². The Morgan fingerprint density at radius 3 is 2.59 bits per heavy atom. The SMILES string of the molecule is CCOC(=O)c1c(-c2cccc3ccccc23)csc1NC(=O)c1c(-c2c(F)cccc2Cl)noc1C. The first-order valence-corrected chi connectivity index (χ1v) is 12.6. The zero-order chi connectivity index (χ0) is 26.1. The van der Waals surface area contributed by atoms with Gasteiger partial charge in [0.25, 0.3) is 5.91 Å². The number of carbonyl (C=O) groups is 2. The molecular formula is C28H20ClFN2O4S. The van der Waals surface area contributed by atoms with E-state index in [-0.39, 0.29) is 44.8 Å². The molecule has 0 bridgehead atoms. The number of anilines is 1. The summed E-state index contributed by atoms with van der Waals surface area (Å²) in [4.78, 5) is 26.6. The van der Waals surface area contributed by atoms with Crippen LogP contribution in [0, 0.1) is 12.7 Å². The van der Waals surface area contributed by atoms with E-state index in [1.807, 2.05) is 42.5 Å². The van der Waals surface area contributed by atoms with Gasteiger partial charge in [-0.05, 0) is 42.3 Å². The molecule has 2 aromatic heterocycles. The summed E-state index contributed by atoms with van der Waals surface area (Å²) in [6.45, 7) is 3.42. The third kappa shape index (κ3) is 4.50. The van der Waals surface area contributed by atoms with Gasteiger partial charge in [-0.1, -0.05) is 65.3 Å². The number of nitrogens with zero attached hydrogens (tertiary/aromatic N) is 1. The average Bonchev–Trinajstić information content (AvgIpc) is 3.47. The van der Waals surface area contributed by atoms with Crippen LogP contribution in [0.2, 0.25) is 5.02 Å². The van der Waals surface area contributed by atoms with Gasteiger partial charge < -0.3 is 14.6 Å². The van der Waals surface area contributed by atoms with Crippen molar-refractivity contribution in [1.29, 1.82) is 0 Å². The van der Waals surface area contributed by atoms with Crippen LogP contribution in [-0.4, -0.2) is 23.6 Å². The molecule has 2 heterocycles. The molecule has 1 N–H and O–H groups in total. The Labute approximate surface area is 220 Å². The molecule has 0 saturated heterocycles. The van der Waals surface area contributed by atoms with E-state index in [0.717, 1.165) is 16.3 Å². The van der Waals surface area contributed by atoms with Crippen LogP contribution in [0.5, 0.6) is 0 Å². The number of aromatic nitrogens is 1. The van der Waals surface area contributed by atoms with Gasteiger partial charge >= 0.3 is 5.97 Å². The molecular weight excluding hydrogens is 515 g/mol. The number of halogens is 2. The maximum atomic E-state index is 14.6. The highest BCUT2D eigenvalue weighted by atomic mass is 35.5. The van der Waals surface area contributed by atoms with Crippen LogP contribution in [0.1, 0.15) is 33.4 Å². The minimum absolute atomic E-state index is 0.0157. The average molecular weight is 535 g/mol. The van der Waals surface area contributed by atoms with Crippen LogP contribution in [0.4, 0.5) is 9.39 Å². The summed E-state index contributed by atoms with van der Waals surface area (Å²) in [7, 11) is 0. The van der Waals surface area contributed by atoms with Gasteiger partial charge in [0.05, 0.1) is 17.2 Å². The van der Waals surface area contributed by atoms with Crippen molar-refractivity contribution in [2.75, 3.05) is 11.9 Å². The Balaban J connectivity index is 1.60. The summed E-state index contributed by atoms with van der Waals surface area (Å²) >= 11 is 7.41. The molecule has 0 atom stereocenters. The number of aryl methyl sites for hydroxylation is 1. The molecule has 5 rings (SSSR count). The maximum Gasteiger partial charge on any atom is 0.341 e. The highest BCUT2D eigenvalue weighted by molar-refractivity contribution is 7.15. The summed E-state index contributed by atoms with van der Waals surface area (Å²) < 4.78 is 25.2. The van der Waals surface area contributed by atoms with Gasteiger partial charge in [-0.25, -0.2) is 9.18 Å². The van der Waals surface area contributed by atoms with Crippen molar-refractivity contribution in [3.05, 3.63) is 93.8 Å². The second-order valence-corrected chi connectivity index (χ2v) is 9.40. The van der Waals surface area contributed by atoms with Gasteiger partial charge in [0.15, 0.2) is 0 Å². The molecule has 186 valence electrons. The predicted molar refractivity (Wildman–Crippen MR) is 143 cm³/mol. The normalized spacial score (nSPS) is 11.0. The maximum absolute atomic E-state index is 14.6. The van der Waals surface area contributed by atoms with E-state index in [1.165, 1.54) is 29.5 Å². The Bertz CT molecular complexity index is 1630. The molecule has 0 radical (unpaired) electrons. The molecule has 5 aromatic rings. The molecule has 0 spiro atoms. The zero-order valence-corrected chi connectivity index (χ0v) is 21.4. The third-order valence-electron chi connectivity index (χ3n) is 5.87. The molecule has 0 aliphatic heterocycles. The fraction of sp³-hybridized carbons (Fsp3) is 0.107. The van der Waals surface area contributed by atoms with Crippen molar-refractivity contribution < 1.29 is 23.2 Å². The van der Waals surface area contributed by atoms with Crippen LogP contribution in [0.3, 0.4) is 0 Å². The second-order valence-electron chi connectivity index (χ2n) is 8.11. The highest BCUT2D eigenvalue weighted by Crippen LogP contribution is 2.40. The van der Waals surface area contributed by atoms with Crippen LogP contribution in [0.25, 0.3) is 33.2 Å². The molecule has 0 aliphatic rings. The standard InChI is InChI=1S/C28H20ClFN2O4S/c1-3-35-28(34)23-19(18-11-6-9-16-8-4-5-10-17(16)18)14-37-27(23)31-26(33)22-15(2)36-32-25(22)24-20(29)12-7-13-21(24)30/h4-14H,3H2,1-2H3,(H,31,33). The van der Waals surface area contributed by atoms with Crippen molar-refractivity contribution in [2.24, 2.45) is 0 Å². The Kier molecular flexibility index (Phi) is 6.78. The molecule has 0 fully saturated rings. The summed E-state index contributed by atoms with van der Waals surface area (Å²) in [5, 5.41) is 10.8. The largest absolute Gasteiger partial charge is 0.462 e. The molecule has 3 aromatic carbocycles. The number of thiophene rings is 1. The molecule has 0 aliphatic carbocycles. The smallest absolute Gasteiger partial charge is 0.341 e. The minimum Gasteiger partial charge on any atom is -0.462 e. The van der Waals surface area contributed by atoms with E-state index in [0.29, 0.717) is 5.56 Å². The fourth-order valence-corrected chi connectivity index (χ4v) is 5.41. The Morgan fingerprint density at radius 2 is 1.81 bits per heavy atom. The zero-order valence-electron chi connectivity index (χ0n) is 19.8. The van der Waals surface area contributed by atoms with Crippen LogP contribution in [-0.2, 0) is 4.74 Å². The molecule has 0 unspecified atom stereocenters. The monoisotopic (exact) mass is 534 g/mol. The van der Waals surface area contributed by atoms with Gasteiger partial charge in [0.2, 0.25) is 0 Å². The van der Waals surface area contributed by atoms with E-state index >= 15 is 0 Å². The van der Waals surface area contributed by atoms with E-state index in [2.05, 4.69) is 10.5 Å². The number of carbonyl (C=O) groups excluding carboxylic acids is 2. The number of ether oxygens (including phenoxy) is 1. The van der Waals surface area contributed by atoms with Crippen molar-refractivity contribution in [3.63, 3.8) is 0 Å². The number of hydrogen-bond acceptors (Lipinski definition) is 6. The first-order valence-electron chi connectivity index (χ1n) is 11.4. The fourth-order valence-electron chi connectivity index (χ4n) is 4.21. The van der Waals surface area contributed by atoms with Crippen molar-refractivity contribution in [3.8, 4) is 22.4 Å². The summed E-state index contributed by atoms with van der Waals surface area (Å²) in [5.74, 6) is -1.65. The van der Waals surface area contributed by atoms with Gasteiger partial charge in [-0.2, -0.15) is 0 Å². The van der Waals surface area contributed by atoms with E-state index in [1.54, 1.807) is 19.2 Å². The van der Waals surface area contributed by atoms with E-state index in [9.17, 15) is 14.0 Å². The van der Waals surface area contributed by atoms with Gasteiger partial charge in [-0.15, -0.1) is 11.3 Å². The summed E-state index contributed by atoms with van der Waals surface area (Å²) in [6, 6.07) is 17.8. The van der Waals surface area contributed by atoms with Crippen molar-refractivity contribution >= 4 is 50.6 Å². The first-order chi connectivity index (χ1) is 17.9. The molecule has 6 nitrogen and oxygen atoms in total.